The average molecular weight is 294 g/mol. The molecule has 0 bridgehead atoms. The molecule has 1 nitrogen and oxygen atoms in total. The maximum Gasteiger partial charge on any atom is 0.0255 e. The molecule has 1 N–H and O–H groups in total. The van der Waals surface area contributed by atoms with Crippen LogP contribution in [0, 0.1) is 5.92 Å². The minimum absolute atomic E-state index is 0.549. The highest BCUT2D eigenvalue weighted by atomic mass is 79.9. The maximum atomic E-state index is 3.57. The molecule has 0 saturated carbocycles. The number of rotatable bonds is 3. The van der Waals surface area contributed by atoms with Crippen molar-refractivity contribution in [2.24, 2.45) is 5.92 Å². The fourth-order valence-electron chi connectivity index (χ4n) is 2.39. The van der Waals surface area contributed by atoms with Gasteiger partial charge in [-0.2, -0.15) is 0 Å². The van der Waals surface area contributed by atoms with Crippen LogP contribution in [0.25, 0.3) is 6.08 Å². The van der Waals surface area contributed by atoms with Crippen molar-refractivity contribution in [2.45, 2.75) is 32.2 Å². The van der Waals surface area contributed by atoms with E-state index >= 15 is 0 Å². The van der Waals surface area contributed by atoms with Crippen molar-refractivity contribution in [1.82, 2.24) is 5.32 Å². The Morgan fingerprint density at radius 3 is 3.12 bits per heavy atom. The highest BCUT2D eigenvalue weighted by Crippen LogP contribution is 2.20. The van der Waals surface area contributed by atoms with E-state index in [0.29, 0.717) is 6.04 Å². The monoisotopic (exact) mass is 293 g/mol. The minimum Gasteiger partial charge on any atom is -0.310 e. The second-order valence-corrected chi connectivity index (χ2v) is 5.69. The van der Waals surface area contributed by atoms with Crippen LogP contribution in [0.3, 0.4) is 0 Å². The molecule has 1 saturated heterocycles. The summed E-state index contributed by atoms with van der Waals surface area (Å²) in [5, 5.41) is 3.57. The number of piperidine rings is 1. The molecule has 1 aromatic carbocycles. The Morgan fingerprint density at radius 1 is 1.47 bits per heavy atom. The second-order valence-electron chi connectivity index (χ2n) is 4.77. The SMILES string of the molecule is CCC1CCNC(/C=C/c2cccc(Br)c2)C1. The van der Waals surface area contributed by atoms with E-state index in [9.17, 15) is 0 Å². The van der Waals surface area contributed by atoms with Crippen LogP contribution in [0.15, 0.2) is 34.8 Å². The van der Waals surface area contributed by atoms with Crippen LogP contribution in [-0.4, -0.2) is 12.6 Å². The Balaban J connectivity index is 1.96. The first-order valence-corrected chi connectivity index (χ1v) is 7.24. The van der Waals surface area contributed by atoms with Gasteiger partial charge in [0.2, 0.25) is 0 Å². The molecule has 2 unspecified atom stereocenters. The number of hydrogen-bond acceptors (Lipinski definition) is 1. The van der Waals surface area contributed by atoms with Crippen LogP contribution in [0.5, 0.6) is 0 Å². The summed E-state index contributed by atoms with van der Waals surface area (Å²) in [4.78, 5) is 0. The smallest absolute Gasteiger partial charge is 0.0255 e. The molecule has 1 fully saturated rings. The number of nitrogens with one attached hydrogen (secondary N) is 1. The van der Waals surface area contributed by atoms with E-state index in [-0.39, 0.29) is 0 Å². The standard InChI is InChI=1S/C15H20BrN/c1-2-12-8-9-17-15(11-12)7-6-13-4-3-5-14(16)10-13/h3-7,10,12,15,17H,2,8-9,11H2,1H3/b7-6+. The van der Waals surface area contributed by atoms with Crippen molar-refractivity contribution in [2.75, 3.05) is 6.54 Å². The van der Waals surface area contributed by atoms with Gasteiger partial charge in [-0.3, -0.25) is 0 Å². The highest BCUT2D eigenvalue weighted by Gasteiger charge is 2.17. The zero-order chi connectivity index (χ0) is 12.1. The van der Waals surface area contributed by atoms with Gasteiger partial charge in [-0.15, -0.1) is 0 Å². The van der Waals surface area contributed by atoms with Crippen LogP contribution < -0.4 is 5.32 Å². The van der Waals surface area contributed by atoms with Gasteiger partial charge in [-0.25, -0.2) is 0 Å². The molecule has 2 rings (SSSR count). The van der Waals surface area contributed by atoms with Crippen molar-refractivity contribution in [3.05, 3.63) is 40.4 Å². The van der Waals surface area contributed by atoms with Crippen LogP contribution in [0.1, 0.15) is 31.7 Å². The van der Waals surface area contributed by atoms with Gasteiger partial charge < -0.3 is 5.32 Å². The van der Waals surface area contributed by atoms with Gasteiger partial charge in [0.05, 0.1) is 0 Å². The van der Waals surface area contributed by atoms with Gasteiger partial charge in [-0.1, -0.05) is 53.6 Å². The van der Waals surface area contributed by atoms with Gasteiger partial charge in [0.1, 0.15) is 0 Å². The quantitative estimate of drug-likeness (QED) is 0.879. The summed E-state index contributed by atoms with van der Waals surface area (Å²) in [6, 6.07) is 8.97. The predicted octanol–water partition coefficient (Wildman–Crippen LogP) is 4.24. The van der Waals surface area contributed by atoms with Gasteiger partial charge in [0.25, 0.3) is 0 Å². The molecule has 1 aromatic rings. The Labute approximate surface area is 112 Å². The van der Waals surface area contributed by atoms with Crippen LogP contribution in [0.4, 0.5) is 0 Å². The van der Waals surface area contributed by atoms with Crippen molar-refractivity contribution < 1.29 is 0 Å². The molecule has 1 heterocycles. The highest BCUT2D eigenvalue weighted by molar-refractivity contribution is 9.10. The van der Waals surface area contributed by atoms with Crippen molar-refractivity contribution in [3.63, 3.8) is 0 Å². The number of hydrogen-bond donors (Lipinski definition) is 1. The molecule has 92 valence electrons. The van der Waals surface area contributed by atoms with E-state index in [1.54, 1.807) is 0 Å². The third-order valence-electron chi connectivity index (χ3n) is 3.49. The van der Waals surface area contributed by atoms with E-state index < -0.39 is 0 Å². The number of halogens is 1. The molecular formula is C15H20BrN. The average Bonchev–Trinajstić information content (AvgIpc) is 2.37. The summed E-state index contributed by atoms with van der Waals surface area (Å²) >= 11 is 3.50. The van der Waals surface area contributed by atoms with Crippen LogP contribution in [-0.2, 0) is 0 Å². The lowest BCUT2D eigenvalue weighted by molar-refractivity contribution is 0.326. The predicted molar refractivity (Wildman–Crippen MR) is 78.0 cm³/mol. The van der Waals surface area contributed by atoms with E-state index in [1.807, 2.05) is 0 Å². The molecule has 0 aliphatic carbocycles. The van der Waals surface area contributed by atoms with Crippen LogP contribution in [0.2, 0.25) is 0 Å². The van der Waals surface area contributed by atoms with E-state index in [0.717, 1.165) is 16.9 Å². The summed E-state index contributed by atoms with van der Waals surface area (Å²) in [6.45, 7) is 3.46. The number of benzene rings is 1. The van der Waals surface area contributed by atoms with Crippen LogP contribution >= 0.6 is 15.9 Å². The molecule has 0 spiro atoms. The third kappa shape index (κ3) is 3.97. The molecule has 1 aliphatic rings. The summed E-state index contributed by atoms with van der Waals surface area (Å²) < 4.78 is 1.14. The van der Waals surface area contributed by atoms with Gasteiger partial charge in [-0.05, 0) is 43.0 Å². The topological polar surface area (TPSA) is 12.0 Å². The second kappa shape index (κ2) is 6.36. The molecule has 2 heteroatoms. The fourth-order valence-corrected chi connectivity index (χ4v) is 2.81. The first-order chi connectivity index (χ1) is 8.28. The zero-order valence-electron chi connectivity index (χ0n) is 10.3. The third-order valence-corrected chi connectivity index (χ3v) is 3.99. The maximum absolute atomic E-state index is 3.57. The summed E-state index contributed by atoms with van der Waals surface area (Å²) in [7, 11) is 0. The normalized spacial score (nSPS) is 25.3. The van der Waals surface area contributed by atoms with E-state index in [4.69, 9.17) is 0 Å². The lowest BCUT2D eigenvalue weighted by atomic mass is 9.90. The molecule has 0 radical (unpaired) electrons. The fraction of sp³-hybridized carbons (Fsp3) is 0.467. The summed E-state index contributed by atoms with van der Waals surface area (Å²) in [5.41, 5.74) is 1.26. The molecule has 0 aromatic heterocycles. The Hall–Kier alpha value is -0.600. The van der Waals surface area contributed by atoms with Crippen molar-refractivity contribution in [1.29, 1.82) is 0 Å². The van der Waals surface area contributed by atoms with Crippen molar-refractivity contribution >= 4 is 22.0 Å². The summed E-state index contributed by atoms with van der Waals surface area (Å²) in [6.07, 6.45) is 8.45. The first-order valence-electron chi connectivity index (χ1n) is 6.45. The largest absolute Gasteiger partial charge is 0.310 e. The zero-order valence-corrected chi connectivity index (χ0v) is 11.9. The Kier molecular flexibility index (Phi) is 4.81. The lowest BCUT2D eigenvalue weighted by Gasteiger charge is -2.27. The summed E-state index contributed by atoms with van der Waals surface area (Å²) in [5.74, 6) is 0.897. The minimum atomic E-state index is 0.549. The lowest BCUT2D eigenvalue weighted by Crippen LogP contribution is -2.36. The first kappa shape index (κ1) is 12.8. The van der Waals surface area contributed by atoms with Gasteiger partial charge >= 0.3 is 0 Å². The van der Waals surface area contributed by atoms with Crippen molar-refractivity contribution in [3.8, 4) is 0 Å². The Bertz CT molecular complexity index is 386. The van der Waals surface area contributed by atoms with Gasteiger partial charge in [0.15, 0.2) is 0 Å². The van der Waals surface area contributed by atoms with E-state index in [2.05, 4.69) is 64.6 Å². The molecule has 1 aliphatic heterocycles. The van der Waals surface area contributed by atoms with Gasteiger partial charge in [0, 0.05) is 10.5 Å². The molecular weight excluding hydrogens is 274 g/mol. The molecule has 0 amide bonds. The molecule has 2 atom stereocenters. The van der Waals surface area contributed by atoms with E-state index in [1.165, 1.54) is 24.8 Å². The molecule has 17 heavy (non-hydrogen) atoms. The Morgan fingerprint density at radius 2 is 2.35 bits per heavy atom.